The Bertz CT molecular complexity index is 586. The molecule has 1 amide bonds. The van der Waals surface area contributed by atoms with Gasteiger partial charge >= 0.3 is 0 Å². The van der Waals surface area contributed by atoms with Gasteiger partial charge in [0.25, 0.3) is 5.91 Å². The van der Waals surface area contributed by atoms with Crippen LogP contribution in [0.25, 0.3) is 0 Å². The number of nitrogens with one attached hydrogen (secondary N) is 1. The second kappa shape index (κ2) is 5.40. The van der Waals surface area contributed by atoms with Crippen LogP contribution >= 0.6 is 11.3 Å². The Morgan fingerprint density at radius 1 is 1.37 bits per heavy atom. The molecule has 1 aromatic heterocycles. The number of nitrogens with zero attached hydrogens (tertiary/aromatic N) is 1. The van der Waals surface area contributed by atoms with Crippen LogP contribution in [0.3, 0.4) is 0 Å². The van der Waals surface area contributed by atoms with Crippen LogP contribution in [0, 0.1) is 13.8 Å². The Morgan fingerprint density at radius 2 is 2.11 bits per heavy atom. The summed E-state index contributed by atoms with van der Waals surface area (Å²) in [4.78, 5) is 17.6. The molecule has 1 aromatic carbocycles. The van der Waals surface area contributed by atoms with Crippen molar-refractivity contribution in [2.75, 3.05) is 5.73 Å². The first-order chi connectivity index (χ1) is 8.95. The fourth-order valence-corrected chi connectivity index (χ4v) is 2.63. The molecular formula is C14H17N3OS. The summed E-state index contributed by atoms with van der Waals surface area (Å²) >= 11 is 1.59. The highest BCUT2D eigenvalue weighted by atomic mass is 32.1. The largest absolute Gasteiger partial charge is 0.399 e. The lowest BCUT2D eigenvalue weighted by Gasteiger charge is -2.12. The first-order valence-electron chi connectivity index (χ1n) is 6.06. The average Bonchev–Trinajstić information content (AvgIpc) is 2.74. The van der Waals surface area contributed by atoms with Gasteiger partial charge in [-0.1, -0.05) is 0 Å². The van der Waals surface area contributed by atoms with Crippen LogP contribution < -0.4 is 11.1 Å². The molecule has 19 heavy (non-hydrogen) atoms. The third kappa shape index (κ3) is 3.32. The minimum Gasteiger partial charge on any atom is -0.399 e. The van der Waals surface area contributed by atoms with E-state index in [1.807, 2.05) is 39.1 Å². The highest BCUT2D eigenvalue weighted by Gasteiger charge is 2.14. The van der Waals surface area contributed by atoms with E-state index in [9.17, 15) is 4.79 Å². The van der Waals surface area contributed by atoms with Crippen LogP contribution in [0.2, 0.25) is 0 Å². The number of carbonyl (C=O) groups is 1. The second-order valence-corrected chi connectivity index (χ2v) is 5.90. The van der Waals surface area contributed by atoms with Crippen molar-refractivity contribution in [3.63, 3.8) is 0 Å². The Kier molecular flexibility index (Phi) is 3.85. The number of nitrogen functional groups attached to an aromatic ring is 1. The third-order valence-corrected chi connectivity index (χ3v) is 3.81. The molecule has 3 N–H and O–H groups in total. The highest BCUT2D eigenvalue weighted by Crippen LogP contribution is 2.20. The van der Waals surface area contributed by atoms with Gasteiger partial charge in [-0.05, 0) is 44.5 Å². The monoisotopic (exact) mass is 275 g/mol. The van der Waals surface area contributed by atoms with Crippen molar-refractivity contribution in [1.29, 1.82) is 0 Å². The van der Waals surface area contributed by atoms with E-state index < -0.39 is 0 Å². The normalized spacial score (nSPS) is 12.2. The van der Waals surface area contributed by atoms with Gasteiger partial charge in [-0.15, -0.1) is 11.3 Å². The number of rotatable bonds is 3. The van der Waals surface area contributed by atoms with Crippen molar-refractivity contribution in [3.05, 3.63) is 45.4 Å². The van der Waals surface area contributed by atoms with E-state index >= 15 is 0 Å². The van der Waals surface area contributed by atoms with E-state index in [0.29, 0.717) is 11.3 Å². The molecule has 2 rings (SSSR count). The van der Waals surface area contributed by atoms with Crippen molar-refractivity contribution in [2.24, 2.45) is 0 Å². The summed E-state index contributed by atoms with van der Waals surface area (Å²) in [6.07, 6.45) is 1.81. The number of nitrogens with two attached hydrogens (primary N) is 1. The van der Waals surface area contributed by atoms with Crippen molar-refractivity contribution in [1.82, 2.24) is 10.3 Å². The van der Waals surface area contributed by atoms with E-state index in [4.69, 9.17) is 5.73 Å². The number of hydrogen-bond acceptors (Lipinski definition) is 4. The van der Waals surface area contributed by atoms with Crippen LogP contribution in [0.5, 0.6) is 0 Å². The smallest absolute Gasteiger partial charge is 0.251 e. The molecule has 0 spiro atoms. The molecule has 1 heterocycles. The topological polar surface area (TPSA) is 68.0 Å². The predicted molar refractivity (Wildman–Crippen MR) is 78.3 cm³/mol. The fourth-order valence-electron chi connectivity index (χ4n) is 1.86. The quantitative estimate of drug-likeness (QED) is 0.846. The fraction of sp³-hybridized carbons (Fsp3) is 0.286. The van der Waals surface area contributed by atoms with E-state index in [2.05, 4.69) is 10.3 Å². The van der Waals surface area contributed by atoms with Gasteiger partial charge in [-0.3, -0.25) is 4.79 Å². The summed E-state index contributed by atoms with van der Waals surface area (Å²) in [5.74, 6) is -0.129. The van der Waals surface area contributed by atoms with Crippen molar-refractivity contribution in [2.45, 2.75) is 26.8 Å². The zero-order chi connectivity index (χ0) is 14.0. The molecule has 0 aliphatic carbocycles. The number of aromatic nitrogens is 1. The lowest BCUT2D eigenvalue weighted by molar-refractivity contribution is 0.0940. The Hall–Kier alpha value is -1.88. The van der Waals surface area contributed by atoms with Crippen LogP contribution in [0.4, 0.5) is 5.69 Å². The maximum Gasteiger partial charge on any atom is 0.251 e. The lowest BCUT2D eigenvalue weighted by Crippen LogP contribution is -2.26. The molecule has 0 fully saturated rings. The van der Waals surface area contributed by atoms with Gasteiger partial charge < -0.3 is 11.1 Å². The van der Waals surface area contributed by atoms with Gasteiger partial charge in [0.05, 0.1) is 6.04 Å². The molecule has 1 atom stereocenters. The number of carbonyl (C=O) groups excluding carboxylic acids is 1. The number of benzene rings is 1. The van der Waals surface area contributed by atoms with Crippen LogP contribution in [0.15, 0.2) is 24.4 Å². The molecule has 0 saturated heterocycles. The summed E-state index contributed by atoms with van der Waals surface area (Å²) < 4.78 is 0. The zero-order valence-electron chi connectivity index (χ0n) is 11.2. The number of anilines is 1. The number of amides is 1. The van der Waals surface area contributed by atoms with Gasteiger partial charge in [0.15, 0.2) is 0 Å². The Labute approximate surface area is 116 Å². The number of aryl methyl sites for hydroxylation is 2. The summed E-state index contributed by atoms with van der Waals surface area (Å²) in [6, 6.07) is 5.24. The molecule has 0 aliphatic rings. The summed E-state index contributed by atoms with van der Waals surface area (Å²) in [6.45, 7) is 5.84. The van der Waals surface area contributed by atoms with Gasteiger partial charge in [-0.2, -0.15) is 0 Å². The van der Waals surface area contributed by atoms with Crippen LogP contribution in [0.1, 0.15) is 38.8 Å². The maximum atomic E-state index is 12.1. The van der Waals surface area contributed by atoms with Crippen molar-refractivity contribution < 1.29 is 4.79 Å². The Morgan fingerprint density at radius 3 is 2.68 bits per heavy atom. The van der Waals surface area contributed by atoms with Crippen molar-refractivity contribution >= 4 is 22.9 Å². The number of thiazole rings is 1. The lowest BCUT2D eigenvalue weighted by atomic mass is 10.1. The van der Waals surface area contributed by atoms with E-state index in [1.54, 1.807) is 17.4 Å². The zero-order valence-corrected chi connectivity index (χ0v) is 12.0. The molecule has 5 heteroatoms. The van der Waals surface area contributed by atoms with Crippen LogP contribution in [-0.4, -0.2) is 10.9 Å². The van der Waals surface area contributed by atoms with Gasteiger partial charge in [0.1, 0.15) is 5.01 Å². The molecule has 2 aromatic rings. The molecule has 0 bridgehead atoms. The third-order valence-electron chi connectivity index (χ3n) is 2.72. The molecule has 0 saturated carbocycles. The summed E-state index contributed by atoms with van der Waals surface area (Å²) in [5, 5.41) is 3.84. The minimum absolute atomic E-state index is 0.104. The predicted octanol–water partition coefficient (Wildman–Crippen LogP) is 2.83. The molecule has 100 valence electrons. The average molecular weight is 275 g/mol. The first kappa shape index (κ1) is 13.5. The standard InChI is InChI=1S/C14H17N3OS/c1-8-4-11(6-12(15)5-8)13(18)17-10(3)14-16-7-9(2)19-14/h4-7,10H,15H2,1-3H3,(H,17,18). The van der Waals surface area contributed by atoms with E-state index in [-0.39, 0.29) is 11.9 Å². The van der Waals surface area contributed by atoms with Crippen LogP contribution in [-0.2, 0) is 0 Å². The van der Waals surface area contributed by atoms with Crippen molar-refractivity contribution in [3.8, 4) is 0 Å². The van der Waals surface area contributed by atoms with E-state index in [1.165, 1.54) is 0 Å². The summed E-state index contributed by atoms with van der Waals surface area (Å²) in [5.41, 5.74) is 7.91. The van der Waals surface area contributed by atoms with Gasteiger partial charge in [0.2, 0.25) is 0 Å². The summed E-state index contributed by atoms with van der Waals surface area (Å²) in [7, 11) is 0. The van der Waals surface area contributed by atoms with Gasteiger partial charge in [-0.25, -0.2) is 4.98 Å². The maximum absolute atomic E-state index is 12.1. The SMILES string of the molecule is Cc1cc(N)cc(C(=O)NC(C)c2ncc(C)s2)c1. The minimum atomic E-state index is -0.129. The molecule has 4 nitrogen and oxygen atoms in total. The Balaban J connectivity index is 2.12. The second-order valence-electron chi connectivity index (χ2n) is 4.64. The van der Waals surface area contributed by atoms with E-state index in [0.717, 1.165) is 15.4 Å². The molecule has 0 radical (unpaired) electrons. The molecule has 0 aliphatic heterocycles. The first-order valence-corrected chi connectivity index (χ1v) is 6.87. The van der Waals surface area contributed by atoms with Gasteiger partial charge in [0, 0.05) is 22.3 Å². The highest BCUT2D eigenvalue weighted by molar-refractivity contribution is 7.11. The molecule has 1 unspecified atom stereocenters. The molecular weight excluding hydrogens is 258 g/mol. The number of hydrogen-bond donors (Lipinski definition) is 2.